The van der Waals surface area contributed by atoms with Gasteiger partial charge >= 0.3 is 0 Å². The summed E-state index contributed by atoms with van der Waals surface area (Å²) >= 11 is 0. The van der Waals surface area contributed by atoms with Crippen LogP contribution in [0.1, 0.15) is 17.2 Å². The van der Waals surface area contributed by atoms with E-state index in [1.165, 1.54) is 0 Å². The lowest BCUT2D eigenvalue weighted by atomic mass is 10.0. The predicted octanol–water partition coefficient (Wildman–Crippen LogP) is 3.52. The van der Waals surface area contributed by atoms with E-state index in [1.807, 2.05) is 54.6 Å². The molecule has 1 N–H and O–H groups in total. The molecule has 0 amide bonds. The number of fused-ring (bicyclic) bond motifs is 1. The topological polar surface area (TPSA) is 42.4 Å². The lowest BCUT2D eigenvalue weighted by molar-refractivity contribution is 0.177. The molecule has 1 unspecified atom stereocenters. The number of benzene rings is 2. The number of aliphatic hydroxyl groups excluding tert-OH is 1. The Labute approximate surface area is 123 Å². The average molecular weight is 279 g/mol. The number of para-hydroxylation sites is 2. The number of ether oxygens (including phenoxy) is 1. The van der Waals surface area contributed by atoms with E-state index >= 15 is 0 Å². The summed E-state index contributed by atoms with van der Waals surface area (Å²) in [6.07, 6.45) is 1.64. The molecule has 0 aliphatic heterocycles. The maximum Gasteiger partial charge on any atom is 0.122 e. The minimum Gasteiger partial charge on any atom is -0.496 e. The molecule has 0 spiro atoms. The van der Waals surface area contributed by atoms with Gasteiger partial charge in [0.25, 0.3) is 0 Å². The Balaban J connectivity index is 1.88. The minimum absolute atomic E-state index is 0.504. The molecule has 1 atom stereocenters. The van der Waals surface area contributed by atoms with Crippen LogP contribution in [0.4, 0.5) is 0 Å². The van der Waals surface area contributed by atoms with Crippen LogP contribution in [0.15, 0.2) is 60.8 Å². The molecule has 0 aliphatic rings. The van der Waals surface area contributed by atoms with Crippen molar-refractivity contribution in [3.8, 4) is 5.75 Å². The number of hydrogen-bond acceptors (Lipinski definition) is 3. The second-order valence-electron chi connectivity index (χ2n) is 4.99. The SMILES string of the molecule is COc1ccccc1CC(O)c1cnc2ccccc2c1. The van der Waals surface area contributed by atoms with E-state index in [-0.39, 0.29) is 0 Å². The van der Waals surface area contributed by atoms with Crippen molar-refractivity contribution in [2.45, 2.75) is 12.5 Å². The lowest BCUT2D eigenvalue weighted by Crippen LogP contribution is -2.04. The number of aromatic nitrogens is 1. The molecule has 0 saturated carbocycles. The maximum atomic E-state index is 10.5. The summed E-state index contributed by atoms with van der Waals surface area (Å²) in [5.74, 6) is 0.797. The zero-order chi connectivity index (χ0) is 14.7. The van der Waals surface area contributed by atoms with Crippen LogP contribution in [0.3, 0.4) is 0 Å². The lowest BCUT2D eigenvalue weighted by Gasteiger charge is -2.14. The van der Waals surface area contributed by atoms with Gasteiger partial charge in [-0.1, -0.05) is 36.4 Å². The number of rotatable bonds is 4. The Kier molecular flexibility index (Phi) is 3.84. The smallest absolute Gasteiger partial charge is 0.122 e. The van der Waals surface area contributed by atoms with E-state index in [0.29, 0.717) is 6.42 Å². The average Bonchev–Trinajstić information content (AvgIpc) is 2.55. The summed E-state index contributed by atoms with van der Waals surface area (Å²) in [5, 5.41) is 11.5. The monoisotopic (exact) mass is 279 g/mol. The molecule has 3 rings (SSSR count). The van der Waals surface area contributed by atoms with Crippen LogP contribution in [0.2, 0.25) is 0 Å². The van der Waals surface area contributed by atoms with Crippen LogP contribution in [-0.2, 0) is 6.42 Å². The molecule has 21 heavy (non-hydrogen) atoms. The fourth-order valence-corrected chi connectivity index (χ4v) is 2.47. The van der Waals surface area contributed by atoms with Gasteiger partial charge in [0.2, 0.25) is 0 Å². The zero-order valence-electron chi connectivity index (χ0n) is 11.9. The van der Waals surface area contributed by atoms with E-state index in [0.717, 1.165) is 27.8 Å². The Morgan fingerprint density at radius 1 is 1.10 bits per heavy atom. The zero-order valence-corrected chi connectivity index (χ0v) is 11.9. The highest BCUT2D eigenvalue weighted by molar-refractivity contribution is 5.78. The standard InChI is InChI=1S/C18H17NO2/c1-21-18-9-5-3-7-14(18)11-17(20)15-10-13-6-2-4-8-16(13)19-12-15/h2-10,12,17,20H,11H2,1H3. The van der Waals surface area contributed by atoms with Gasteiger partial charge in [0.15, 0.2) is 0 Å². The Bertz CT molecular complexity index is 755. The highest BCUT2D eigenvalue weighted by atomic mass is 16.5. The molecule has 106 valence electrons. The summed E-state index contributed by atoms with van der Waals surface area (Å²) in [6.45, 7) is 0. The summed E-state index contributed by atoms with van der Waals surface area (Å²) in [5.41, 5.74) is 2.74. The number of hydrogen-bond donors (Lipinski definition) is 1. The van der Waals surface area contributed by atoms with Crippen molar-refractivity contribution in [2.75, 3.05) is 7.11 Å². The second-order valence-corrected chi connectivity index (χ2v) is 4.99. The molecule has 1 heterocycles. The van der Waals surface area contributed by atoms with Crippen molar-refractivity contribution in [2.24, 2.45) is 0 Å². The molecule has 3 aromatic rings. The number of methoxy groups -OCH3 is 1. The summed E-state index contributed by atoms with van der Waals surface area (Å²) < 4.78 is 5.33. The highest BCUT2D eigenvalue weighted by Crippen LogP contribution is 2.26. The van der Waals surface area contributed by atoms with Gasteiger partial charge in [0.1, 0.15) is 5.75 Å². The molecular weight excluding hydrogens is 262 g/mol. The van der Waals surface area contributed by atoms with Gasteiger partial charge in [0.05, 0.1) is 18.7 Å². The molecule has 0 radical (unpaired) electrons. The van der Waals surface area contributed by atoms with E-state index < -0.39 is 6.10 Å². The summed E-state index contributed by atoms with van der Waals surface area (Å²) in [6, 6.07) is 17.6. The summed E-state index contributed by atoms with van der Waals surface area (Å²) in [4.78, 5) is 4.40. The van der Waals surface area contributed by atoms with Crippen LogP contribution in [0.5, 0.6) is 5.75 Å². The molecular formula is C18H17NO2. The fourth-order valence-electron chi connectivity index (χ4n) is 2.47. The van der Waals surface area contributed by atoms with E-state index in [2.05, 4.69) is 4.98 Å². The fraction of sp³-hybridized carbons (Fsp3) is 0.167. The Morgan fingerprint density at radius 2 is 1.86 bits per heavy atom. The molecule has 0 aliphatic carbocycles. The van der Waals surface area contributed by atoms with Gasteiger partial charge in [-0.05, 0) is 29.3 Å². The number of aliphatic hydroxyl groups is 1. The van der Waals surface area contributed by atoms with Gasteiger partial charge in [-0.25, -0.2) is 0 Å². The van der Waals surface area contributed by atoms with Crippen molar-refractivity contribution < 1.29 is 9.84 Å². The first-order chi connectivity index (χ1) is 10.3. The molecule has 0 bridgehead atoms. The third kappa shape index (κ3) is 2.88. The first kappa shape index (κ1) is 13.6. The van der Waals surface area contributed by atoms with Crippen LogP contribution in [-0.4, -0.2) is 17.2 Å². The van der Waals surface area contributed by atoms with Crippen LogP contribution >= 0.6 is 0 Å². The third-order valence-electron chi connectivity index (χ3n) is 3.60. The molecule has 3 heteroatoms. The highest BCUT2D eigenvalue weighted by Gasteiger charge is 2.12. The molecule has 2 aromatic carbocycles. The second kappa shape index (κ2) is 5.94. The molecule has 3 nitrogen and oxygen atoms in total. The Morgan fingerprint density at radius 3 is 2.71 bits per heavy atom. The minimum atomic E-state index is -0.599. The largest absolute Gasteiger partial charge is 0.496 e. The van der Waals surface area contributed by atoms with Crippen molar-refractivity contribution in [3.05, 3.63) is 71.9 Å². The number of pyridine rings is 1. The quantitative estimate of drug-likeness (QED) is 0.794. The van der Waals surface area contributed by atoms with Crippen molar-refractivity contribution >= 4 is 10.9 Å². The number of nitrogens with zero attached hydrogens (tertiary/aromatic N) is 1. The van der Waals surface area contributed by atoms with E-state index in [4.69, 9.17) is 4.74 Å². The van der Waals surface area contributed by atoms with Gasteiger partial charge in [-0.2, -0.15) is 0 Å². The van der Waals surface area contributed by atoms with Crippen LogP contribution in [0, 0.1) is 0 Å². The van der Waals surface area contributed by atoms with Crippen molar-refractivity contribution in [1.29, 1.82) is 0 Å². The normalized spacial score (nSPS) is 12.3. The molecule has 0 saturated heterocycles. The van der Waals surface area contributed by atoms with E-state index in [9.17, 15) is 5.11 Å². The van der Waals surface area contributed by atoms with Crippen LogP contribution in [0.25, 0.3) is 10.9 Å². The maximum absolute atomic E-state index is 10.5. The Hall–Kier alpha value is -2.39. The van der Waals surface area contributed by atoms with Crippen LogP contribution < -0.4 is 4.74 Å². The van der Waals surface area contributed by atoms with Gasteiger partial charge in [-0.15, -0.1) is 0 Å². The van der Waals surface area contributed by atoms with Gasteiger partial charge < -0.3 is 9.84 Å². The predicted molar refractivity (Wildman–Crippen MR) is 83.4 cm³/mol. The van der Waals surface area contributed by atoms with E-state index in [1.54, 1.807) is 13.3 Å². The summed E-state index contributed by atoms with van der Waals surface area (Å²) in [7, 11) is 1.64. The van der Waals surface area contributed by atoms with Gasteiger partial charge in [-0.3, -0.25) is 4.98 Å². The molecule has 0 fully saturated rings. The van der Waals surface area contributed by atoms with Gasteiger partial charge in [0, 0.05) is 18.0 Å². The third-order valence-corrected chi connectivity index (χ3v) is 3.60. The first-order valence-corrected chi connectivity index (χ1v) is 6.92. The van der Waals surface area contributed by atoms with Crippen molar-refractivity contribution in [3.63, 3.8) is 0 Å². The van der Waals surface area contributed by atoms with Crippen molar-refractivity contribution in [1.82, 2.24) is 4.98 Å². The molecule has 1 aromatic heterocycles. The first-order valence-electron chi connectivity index (χ1n) is 6.92.